The predicted molar refractivity (Wildman–Crippen MR) is 72.3 cm³/mol. The highest BCUT2D eigenvalue weighted by Crippen LogP contribution is 2.13. The maximum absolute atomic E-state index is 10.9. The highest BCUT2D eigenvalue weighted by molar-refractivity contribution is 9.10. The van der Waals surface area contributed by atoms with Crippen LogP contribution in [0.3, 0.4) is 0 Å². The number of amides is 1. The summed E-state index contributed by atoms with van der Waals surface area (Å²) in [6.45, 7) is 1.18. The van der Waals surface area contributed by atoms with Crippen LogP contribution < -0.4 is 11.5 Å². The Balaban J connectivity index is 2.60. The summed E-state index contributed by atoms with van der Waals surface area (Å²) in [5.74, 6) is -0.317. The highest BCUT2D eigenvalue weighted by atomic mass is 79.9. The average Bonchev–Trinajstić information content (AvgIpc) is 2.28. The molecule has 94 valence electrons. The van der Waals surface area contributed by atoms with Crippen LogP contribution in [0.4, 0.5) is 0 Å². The Kier molecular flexibility index (Phi) is 5.61. The number of likely N-dealkylation sites (N-methyl/N-ethyl adjacent to an activating group) is 1. The Morgan fingerprint density at radius 3 is 2.47 bits per heavy atom. The molecule has 0 aliphatic carbocycles. The van der Waals surface area contributed by atoms with E-state index in [0.717, 1.165) is 11.0 Å². The molecule has 5 heteroatoms. The second-order valence-corrected chi connectivity index (χ2v) is 5.02. The van der Waals surface area contributed by atoms with Crippen LogP contribution in [0.2, 0.25) is 0 Å². The van der Waals surface area contributed by atoms with Crippen LogP contribution in [0.25, 0.3) is 0 Å². The first-order valence-corrected chi connectivity index (χ1v) is 6.25. The van der Waals surface area contributed by atoms with Gasteiger partial charge < -0.3 is 11.5 Å². The molecule has 0 fully saturated rings. The van der Waals surface area contributed by atoms with E-state index in [1.165, 1.54) is 5.56 Å². The van der Waals surface area contributed by atoms with Crippen LogP contribution in [0.5, 0.6) is 0 Å². The highest BCUT2D eigenvalue weighted by Gasteiger charge is 2.15. The topological polar surface area (TPSA) is 72.3 Å². The van der Waals surface area contributed by atoms with Gasteiger partial charge in [-0.25, -0.2) is 0 Å². The summed E-state index contributed by atoms with van der Waals surface area (Å²) in [4.78, 5) is 13.0. The van der Waals surface area contributed by atoms with Crippen LogP contribution in [-0.4, -0.2) is 30.4 Å². The van der Waals surface area contributed by atoms with Gasteiger partial charge in [0.15, 0.2) is 0 Å². The first-order valence-electron chi connectivity index (χ1n) is 5.46. The standard InChI is InChI=1S/C12H18BrN3O/c1-16(11(7-14)6-12(15)17)8-9-2-4-10(13)5-3-9/h2-5,11H,6-8,14H2,1H3,(H2,15,17). The first kappa shape index (κ1) is 14.2. The molecule has 17 heavy (non-hydrogen) atoms. The Bertz CT molecular complexity index is 367. The maximum Gasteiger partial charge on any atom is 0.219 e. The largest absolute Gasteiger partial charge is 0.370 e. The van der Waals surface area contributed by atoms with Gasteiger partial charge in [-0.05, 0) is 24.7 Å². The van der Waals surface area contributed by atoms with Crippen molar-refractivity contribution in [1.29, 1.82) is 0 Å². The summed E-state index contributed by atoms with van der Waals surface area (Å²) >= 11 is 3.39. The summed E-state index contributed by atoms with van der Waals surface area (Å²) in [7, 11) is 1.95. The lowest BCUT2D eigenvalue weighted by atomic mass is 10.1. The molecule has 0 saturated carbocycles. The average molecular weight is 300 g/mol. The van der Waals surface area contributed by atoms with Gasteiger partial charge in [0.05, 0.1) is 0 Å². The van der Waals surface area contributed by atoms with Gasteiger partial charge in [-0.2, -0.15) is 0 Å². The number of hydrogen-bond donors (Lipinski definition) is 2. The Morgan fingerprint density at radius 2 is 2.00 bits per heavy atom. The van der Waals surface area contributed by atoms with Gasteiger partial charge in [0, 0.05) is 30.0 Å². The van der Waals surface area contributed by atoms with E-state index in [4.69, 9.17) is 11.5 Å². The Morgan fingerprint density at radius 1 is 1.41 bits per heavy atom. The predicted octanol–water partition coefficient (Wildman–Crippen LogP) is 1.08. The van der Waals surface area contributed by atoms with Crippen molar-refractivity contribution in [3.8, 4) is 0 Å². The molecule has 1 rings (SSSR count). The van der Waals surface area contributed by atoms with E-state index in [-0.39, 0.29) is 11.9 Å². The molecule has 0 aliphatic heterocycles. The fourth-order valence-electron chi connectivity index (χ4n) is 1.66. The third-order valence-corrected chi connectivity index (χ3v) is 3.21. The van der Waals surface area contributed by atoms with Gasteiger partial charge in [0.2, 0.25) is 5.91 Å². The number of nitrogens with two attached hydrogens (primary N) is 2. The molecule has 4 N–H and O–H groups in total. The van der Waals surface area contributed by atoms with Gasteiger partial charge in [-0.3, -0.25) is 9.69 Å². The summed E-state index contributed by atoms with van der Waals surface area (Å²) < 4.78 is 1.05. The number of nitrogens with zero attached hydrogens (tertiary/aromatic N) is 1. The number of benzene rings is 1. The zero-order chi connectivity index (χ0) is 12.8. The minimum atomic E-state index is -0.317. The van der Waals surface area contributed by atoms with Crippen molar-refractivity contribution in [2.45, 2.75) is 19.0 Å². The summed E-state index contributed by atoms with van der Waals surface area (Å²) in [6.07, 6.45) is 0.295. The number of primary amides is 1. The number of halogens is 1. The van der Waals surface area contributed by atoms with Gasteiger partial charge in [0.1, 0.15) is 0 Å². The van der Waals surface area contributed by atoms with E-state index >= 15 is 0 Å². The van der Waals surface area contributed by atoms with Crippen molar-refractivity contribution in [1.82, 2.24) is 4.90 Å². The molecule has 0 aromatic heterocycles. The molecule has 0 radical (unpaired) electrons. The van der Waals surface area contributed by atoms with Crippen molar-refractivity contribution < 1.29 is 4.79 Å². The van der Waals surface area contributed by atoms with Crippen molar-refractivity contribution in [3.63, 3.8) is 0 Å². The summed E-state index contributed by atoms with van der Waals surface area (Å²) in [5, 5.41) is 0. The molecule has 4 nitrogen and oxygen atoms in total. The lowest BCUT2D eigenvalue weighted by molar-refractivity contribution is -0.119. The van der Waals surface area contributed by atoms with Crippen LogP contribution in [0, 0.1) is 0 Å². The molecule has 1 amide bonds. The van der Waals surface area contributed by atoms with E-state index in [1.807, 2.05) is 36.2 Å². The molecule has 1 atom stereocenters. The molecule has 1 aromatic carbocycles. The van der Waals surface area contributed by atoms with E-state index in [2.05, 4.69) is 15.9 Å². The first-order chi connectivity index (χ1) is 8.02. The van der Waals surface area contributed by atoms with E-state index in [9.17, 15) is 4.79 Å². The van der Waals surface area contributed by atoms with Crippen molar-refractivity contribution in [2.75, 3.05) is 13.6 Å². The van der Waals surface area contributed by atoms with Crippen molar-refractivity contribution in [2.24, 2.45) is 11.5 Å². The monoisotopic (exact) mass is 299 g/mol. The fourth-order valence-corrected chi connectivity index (χ4v) is 1.92. The zero-order valence-electron chi connectivity index (χ0n) is 9.90. The number of carbonyl (C=O) groups is 1. The molecule has 0 saturated heterocycles. The van der Waals surface area contributed by atoms with E-state index < -0.39 is 0 Å². The summed E-state index contributed by atoms with van der Waals surface area (Å²) in [5.41, 5.74) is 12.0. The minimum Gasteiger partial charge on any atom is -0.370 e. The summed E-state index contributed by atoms with van der Waals surface area (Å²) in [6, 6.07) is 8.07. The third-order valence-electron chi connectivity index (χ3n) is 2.68. The van der Waals surface area contributed by atoms with E-state index in [1.54, 1.807) is 0 Å². The van der Waals surface area contributed by atoms with Gasteiger partial charge in [-0.1, -0.05) is 28.1 Å². The SMILES string of the molecule is CN(Cc1ccc(Br)cc1)C(CN)CC(N)=O. The second kappa shape index (κ2) is 6.74. The molecule has 0 bridgehead atoms. The van der Waals surface area contributed by atoms with E-state index in [0.29, 0.717) is 13.0 Å². The maximum atomic E-state index is 10.9. The molecule has 1 aromatic rings. The molecule has 0 heterocycles. The quantitative estimate of drug-likeness (QED) is 0.826. The molecular weight excluding hydrogens is 282 g/mol. The van der Waals surface area contributed by atoms with Crippen molar-refractivity contribution >= 4 is 21.8 Å². The van der Waals surface area contributed by atoms with Gasteiger partial charge in [-0.15, -0.1) is 0 Å². The second-order valence-electron chi connectivity index (χ2n) is 4.10. The van der Waals surface area contributed by atoms with Crippen LogP contribution in [0.15, 0.2) is 28.7 Å². The minimum absolute atomic E-state index is 0.00357. The van der Waals surface area contributed by atoms with Gasteiger partial charge >= 0.3 is 0 Å². The van der Waals surface area contributed by atoms with Crippen molar-refractivity contribution in [3.05, 3.63) is 34.3 Å². The third kappa shape index (κ3) is 4.85. The molecule has 1 unspecified atom stereocenters. The fraction of sp³-hybridized carbons (Fsp3) is 0.417. The van der Waals surface area contributed by atoms with Crippen LogP contribution in [0.1, 0.15) is 12.0 Å². The molecule has 0 spiro atoms. The van der Waals surface area contributed by atoms with Gasteiger partial charge in [0.25, 0.3) is 0 Å². The lowest BCUT2D eigenvalue weighted by Crippen LogP contribution is -2.40. The molecule has 0 aliphatic rings. The van der Waals surface area contributed by atoms with Crippen LogP contribution in [-0.2, 0) is 11.3 Å². The zero-order valence-corrected chi connectivity index (χ0v) is 11.5. The number of carbonyl (C=O) groups excluding carboxylic acids is 1. The smallest absolute Gasteiger partial charge is 0.219 e. The Labute approximate surface area is 110 Å². The molecular formula is C12H18BrN3O. The Hall–Kier alpha value is -0.910. The van der Waals surface area contributed by atoms with Crippen LogP contribution >= 0.6 is 15.9 Å². The normalized spacial score (nSPS) is 12.7. The number of rotatable bonds is 6. The lowest BCUT2D eigenvalue weighted by Gasteiger charge is -2.26. The number of hydrogen-bond acceptors (Lipinski definition) is 3.